The van der Waals surface area contributed by atoms with Gasteiger partial charge in [-0.15, -0.1) is 0 Å². The van der Waals surface area contributed by atoms with Crippen molar-refractivity contribution in [3.63, 3.8) is 0 Å². The van der Waals surface area contributed by atoms with Crippen molar-refractivity contribution in [2.24, 2.45) is 0 Å². The Morgan fingerprint density at radius 1 is 1.26 bits per heavy atom. The number of likely N-dealkylation sites (tertiary alicyclic amines) is 1. The lowest BCUT2D eigenvalue weighted by Gasteiger charge is -2.32. The van der Waals surface area contributed by atoms with Crippen LogP contribution < -0.4 is 0 Å². The van der Waals surface area contributed by atoms with Crippen LogP contribution in [-0.2, 0) is 9.84 Å². The van der Waals surface area contributed by atoms with Crippen LogP contribution in [0.4, 0.5) is 0 Å². The van der Waals surface area contributed by atoms with Crippen LogP contribution in [0.2, 0.25) is 0 Å². The Morgan fingerprint density at radius 3 is 2.67 bits per heavy atom. The smallest absolute Gasteiger partial charge is 0.198 e. The highest BCUT2D eigenvalue weighted by molar-refractivity contribution is 7.92. The molecule has 1 aliphatic rings. The quantitative estimate of drug-likeness (QED) is 0.709. The second-order valence-corrected chi connectivity index (χ2v) is 10.7. The first-order chi connectivity index (χ1) is 12.8. The number of sulfone groups is 1. The Balaban J connectivity index is 1.55. The van der Waals surface area contributed by atoms with Gasteiger partial charge in [0.05, 0.1) is 15.3 Å². The number of aromatic nitrogens is 1. The molecule has 6 heteroatoms. The van der Waals surface area contributed by atoms with Gasteiger partial charge in [-0.1, -0.05) is 18.2 Å². The summed E-state index contributed by atoms with van der Waals surface area (Å²) in [5, 5.41) is 0. The predicted octanol–water partition coefficient (Wildman–Crippen LogP) is 4.20. The summed E-state index contributed by atoms with van der Waals surface area (Å²) in [7, 11) is -3.34. The fourth-order valence-electron chi connectivity index (χ4n) is 3.80. The van der Waals surface area contributed by atoms with E-state index in [1.54, 1.807) is 30.5 Å². The lowest BCUT2D eigenvalue weighted by atomic mass is 9.97. The molecule has 1 aromatic carbocycles. The van der Waals surface area contributed by atoms with Gasteiger partial charge >= 0.3 is 0 Å². The number of oxazole rings is 1. The SMILES string of the molecule is Cc1coc(C2CCCN(CCCC(C)(C)S(=O)(=O)c3ccccc3)C2)n1. The van der Waals surface area contributed by atoms with Gasteiger partial charge in [0.25, 0.3) is 0 Å². The molecule has 2 aromatic rings. The number of rotatable bonds is 7. The summed E-state index contributed by atoms with van der Waals surface area (Å²) in [6.45, 7) is 8.52. The van der Waals surface area contributed by atoms with Crippen molar-refractivity contribution in [3.8, 4) is 0 Å². The fraction of sp³-hybridized carbons (Fsp3) is 0.571. The molecule has 2 heterocycles. The average molecular weight is 391 g/mol. The van der Waals surface area contributed by atoms with Crippen LogP contribution in [0.25, 0.3) is 0 Å². The average Bonchev–Trinajstić information content (AvgIpc) is 3.09. The number of hydrogen-bond donors (Lipinski definition) is 0. The molecule has 1 aromatic heterocycles. The van der Waals surface area contributed by atoms with Gasteiger partial charge in [0.2, 0.25) is 0 Å². The van der Waals surface area contributed by atoms with Crippen LogP contribution >= 0.6 is 0 Å². The van der Waals surface area contributed by atoms with Crippen molar-refractivity contribution in [1.29, 1.82) is 0 Å². The molecule has 1 atom stereocenters. The van der Waals surface area contributed by atoms with Crippen molar-refractivity contribution >= 4 is 9.84 Å². The number of aryl methyl sites for hydroxylation is 1. The Bertz CT molecular complexity index is 843. The summed E-state index contributed by atoms with van der Waals surface area (Å²) >= 11 is 0. The minimum absolute atomic E-state index is 0.341. The third-order valence-corrected chi connectivity index (χ3v) is 8.08. The molecule has 0 amide bonds. The zero-order chi connectivity index (χ0) is 19.5. The molecule has 148 valence electrons. The highest BCUT2D eigenvalue weighted by Gasteiger charge is 2.35. The highest BCUT2D eigenvalue weighted by Crippen LogP contribution is 2.30. The van der Waals surface area contributed by atoms with Crippen LogP contribution in [-0.4, -0.2) is 42.7 Å². The Labute approximate surface area is 162 Å². The van der Waals surface area contributed by atoms with Gasteiger partial charge in [0, 0.05) is 12.5 Å². The molecule has 3 rings (SSSR count). The largest absolute Gasteiger partial charge is 0.448 e. The third-order valence-electron chi connectivity index (χ3n) is 5.53. The first-order valence-electron chi connectivity index (χ1n) is 9.74. The molecule has 0 spiro atoms. The van der Waals surface area contributed by atoms with Gasteiger partial charge in [-0.05, 0) is 71.7 Å². The molecule has 0 aliphatic carbocycles. The van der Waals surface area contributed by atoms with Gasteiger partial charge in [0.15, 0.2) is 15.7 Å². The molecular formula is C21H30N2O3S. The molecule has 1 fully saturated rings. The minimum atomic E-state index is -3.34. The van der Waals surface area contributed by atoms with Crippen LogP contribution in [0, 0.1) is 6.92 Å². The van der Waals surface area contributed by atoms with E-state index in [4.69, 9.17) is 4.42 Å². The molecule has 0 radical (unpaired) electrons. The van der Waals surface area contributed by atoms with Crippen LogP contribution in [0.5, 0.6) is 0 Å². The van der Waals surface area contributed by atoms with Gasteiger partial charge in [0.1, 0.15) is 6.26 Å². The van der Waals surface area contributed by atoms with E-state index in [-0.39, 0.29) is 0 Å². The number of nitrogens with zero attached hydrogens (tertiary/aromatic N) is 2. The zero-order valence-corrected chi connectivity index (χ0v) is 17.3. The molecule has 1 unspecified atom stereocenters. The zero-order valence-electron chi connectivity index (χ0n) is 16.5. The molecule has 0 saturated carbocycles. The second kappa shape index (κ2) is 8.15. The normalized spacial score (nSPS) is 19.3. The first kappa shape index (κ1) is 20.1. The maximum absolute atomic E-state index is 12.9. The van der Waals surface area contributed by atoms with E-state index in [0.29, 0.717) is 17.2 Å². The van der Waals surface area contributed by atoms with E-state index in [9.17, 15) is 8.42 Å². The van der Waals surface area contributed by atoms with Crippen molar-refractivity contribution in [2.75, 3.05) is 19.6 Å². The van der Waals surface area contributed by atoms with Gasteiger partial charge in [-0.25, -0.2) is 13.4 Å². The summed E-state index contributed by atoms with van der Waals surface area (Å²) in [6, 6.07) is 8.77. The van der Waals surface area contributed by atoms with Crippen LogP contribution in [0.3, 0.4) is 0 Å². The molecule has 0 bridgehead atoms. The highest BCUT2D eigenvalue weighted by atomic mass is 32.2. The van der Waals surface area contributed by atoms with E-state index >= 15 is 0 Å². The van der Waals surface area contributed by atoms with E-state index < -0.39 is 14.6 Å². The second-order valence-electron chi connectivity index (χ2n) is 8.15. The molecule has 1 saturated heterocycles. The van der Waals surface area contributed by atoms with Gasteiger partial charge < -0.3 is 9.32 Å². The van der Waals surface area contributed by atoms with Crippen molar-refractivity contribution in [3.05, 3.63) is 48.2 Å². The number of hydrogen-bond acceptors (Lipinski definition) is 5. The molecular weight excluding hydrogens is 360 g/mol. The summed E-state index contributed by atoms with van der Waals surface area (Å²) in [4.78, 5) is 7.31. The topological polar surface area (TPSA) is 63.4 Å². The van der Waals surface area contributed by atoms with Crippen molar-refractivity contribution < 1.29 is 12.8 Å². The molecule has 27 heavy (non-hydrogen) atoms. The van der Waals surface area contributed by atoms with Gasteiger partial charge in [-0.3, -0.25) is 0 Å². The standard InChI is InChI=1S/C21H30N2O3S/c1-17-16-26-20(22-17)18-9-7-13-23(15-18)14-8-12-21(2,3)27(24,25)19-10-5-4-6-11-19/h4-6,10-11,16,18H,7-9,12-15H2,1-3H3. The fourth-order valence-corrected chi connectivity index (χ4v) is 5.37. The summed E-state index contributed by atoms with van der Waals surface area (Å²) in [5.41, 5.74) is 0.926. The van der Waals surface area contributed by atoms with Crippen LogP contribution in [0.15, 0.2) is 45.9 Å². The van der Waals surface area contributed by atoms with Crippen LogP contribution in [0.1, 0.15) is 57.0 Å². The lowest BCUT2D eigenvalue weighted by molar-refractivity contribution is 0.188. The molecule has 1 aliphatic heterocycles. The van der Waals surface area contributed by atoms with Crippen molar-refractivity contribution in [1.82, 2.24) is 9.88 Å². The maximum Gasteiger partial charge on any atom is 0.198 e. The van der Waals surface area contributed by atoms with Gasteiger partial charge in [-0.2, -0.15) is 0 Å². The number of benzene rings is 1. The predicted molar refractivity (Wildman–Crippen MR) is 107 cm³/mol. The summed E-state index contributed by atoms with van der Waals surface area (Å²) in [5.74, 6) is 1.18. The van der Waals surface area contributed by atoms with E-state index in [1.165, 1.54) is 0 Å². The Hall–Kier alpha value is -1.66. The molecule has 5 nitrogen and oxygen atoms in total. The van der Waals surface area contributed by atoms with E-state index in [1.807, 2.05) is 26.8 Å². The Kier molecular flexibility index (Phi) is 6.06. The monoisotopic (exact) mass is 390 g/mol. The minimum Gasteiger partial charge on any atom is -0.448 e. The summed E-state index contributed by atoms with van der Waals surface area (Å²) < 4.78 is 30.7. The van der Waals surface area contributed by atoms with E-state index in [0.717, 1.165) is 50.5 Å². The lowest BCUT2D eigenvalue weighted by Crippen LogP contribution is -2.37. The Morgan fingerprint density at radius 2 is 2.00 bits per heavy atom. The third kappa shape index (κ3) is 4.61. The summed E-state index contributed by atoms with van der Waals surface area (Å²) in [6.07, 6.45) is 5.44. The first-order valence-corrected chi connectivity index (χ1v) is 11.2. The maximum atomic E-state index is 12.9. The molecule has 0 N–H and O–H groups in total. The van der Waals surface area contributed by atoms with Crippen molar-refractivity contribution in [2.45, 2.75) is 62.0 Å². The van der Waals surface area contributed by atoms with E-state index in [2.05, 4.69) is 9.88 Å². The number of piperidine rings is 1.